The number of para-hydroxylation sites is 1. The van der Waals surface area contributed by atoms with Gasteiger partial charge in [0.2, 0.25) is 0 Å². The third kappa shape index (κ3) is 4.66. The van der Waals surface area contributed by atoms with E-state index < -0.39 is 25.5 Å². The molecule has 0 radical (unpaired) electrons. The molecule has 156 valence electrons. The number of benzene rings is 3. The zero-order valence-corrected chi connectivity index (χ0v) is 18.8. The van der Waals surface area contributed by atoms with E-state index in [0.717, 1.165) is 22.5 Å². The van der Waals surface area contributed by atoms with Crippen molar-refractivity contribution in [1.82, 2.24) is 0 Å². The van der Waals surface area contributed by atoms with Crippen molar-refractivity contribution in [2.75, 3.05) is 4.31 Å². The third-order valence-electron chi connectivity index (χ3n) is 4.14. The van der Waals surface area contributed by atoms with Gasteiger partial charge in [0.05, 0.1) is 27.2 Å². The van der Waals surface area contributed by atoms with Crippen LogP contribution in [-0.2, 0) is 16.6 Å². The Morgan fingerprint density at radius 1 is 0.867 bits per heavy atom. The molecule has 11 heteroatoms. The number of hydrogen-bond acceptors (Lipinski definition) is 4. The molecule has 0 aromatic heterocycles. The minimum Gasteiger partial charge on any atom is -0.260 e. The monoisotopic (exact) mass is 504 g/mol. The quantitative estimate of drug-likeness (QED) is 0.279. The van der Waals surface area contributed by atoms with Gasteiger partial charge in [0.25, 0.3) is 15.7 Å². The van der Waals surface area contributed by atoms with Crippen LogP contribution in [0.4, 0.5) is 11.4 Å². The van der Waals surface area contributed by atoms with E-state index in [1.165, 1.54) is 18.2 Å². The van der Waals surface area contributed by atoms with E-state index in [1.807, 2.05) is 0 Å². The van der Waals surface area contributed by atoms with E-state index in [1.54, 1.807) is 24.3 Å². The Hall–Kier alpha value is -2.03. The first-order chi connectivity index (χ1) is 14.1. The Balaban J connectivity index is 2.20. The molecule has 0 atom stereocenters. The summed E-state index contributed by atoms with van der Waals surface area (Å²) in [5.74, 6) is 0. The lowest BCUT2D eigenvalue weighted by Crippen LogP contribution is -2.31. The molecular weight excluding hydrogens is 494 g/mol. The average molecular weight is 506 g/mol. The molecule has 3 aromatic rings. The maximum Gasteiger partial charge on any atom is 0.270 e. The summed E-state index contributed by atoms with van der Waals surface area (Å²) in [6, 6.07) is 14.1. The SMILES string of the molecule is O=[N+]([O-])c1ccc(Cl)c(S(=O)(=O)N(Cc2ccc(Cl)cc2Cl)c2ccccc2Cl)c1. The van der Waals surface area contributed by atoms with Crippen molar-refractivity contribution < 1.29 is 13.3 Å². The average Bonchev–Trinajstić information content (AvgIpc) is 2.68. The molecule has 0 spiro atoms. The van der Waals surface area contributed by atoms with E-state index >= 15 is 0 Å². The van der Waals surface area contributed by atoms with Crippen LogP contribution in [0.2, 0.25) is 20.1 Å². The number of nitro benzene ring substituents is 1. The first kappa shape index (κ1) is 22.7. The minimum absolute atomic E-state index is 0.160. The summed E-state index contributed by atoms with van der Waals surface area (Å²) in [4.78, 5) is 10.0. The summed E-state index contributed by atoms with van der Waals surface area (Å²) < 4.78 is 28.1. The highest BCUT2D eigenvalue weighted by Crippen LogP contribution is 2.36. The summed E-state index contributed by atoms with van der Waals surface area (Å²) >= 11 is 24.5. The fourth-order valence-electron chi connectivity index (χ4n) is 2.68. The molecule has 0 amide bonds. The molecule has 0 bridgehead atoms. The topological polar surface area (TPSA) is 80.5 Å². The van der Waals surface area contributed by atoms with Crippen LogP contribution in [0.15, 0.2) is 65.6 Å². The molecule has 0 saturated carbocycles. The number of anilines is 1. The summed E-state index contributed by atoms with van der Waals surface area (Å²) in [6.45, 7) is -0.207. The first-order valence-corrected chi connectivity index (χ1v) is 11.2. The van der Waals surface area contributed by atoms with Crippen molar-refractivity contribution in [1.29, 1.82) is 0 Å². The number of hydrogen-bond donors (Lipinski definition) is 0. The lowest BCUT2D eigenvalue weighted by Gasteiger charge is -2.26. The Labute approximate surface area is 192 Å². The smallest absolute Gasteiger partial charge is 0.260 e. The Kier molecular flexibility index (Phi) is 6.79. The van der Waals surface area contributed by atoms with Gasteiger partial charge in [-0.15, -0.1) is 0 Å². The number of sulfonamides is 1. The minimum atomic E-state index is -4.37. The molecule has 0 saturated heterocycles. The number of non-ortho nitro benzene ring substituents is 1. The molecule has 0 fully saturated rings. The van der Waals surface area contributed by atoms with Crippen LogP contribution >= 0.6 is 46.4 Å². The fraction of sp³-hybridized carbons (Fsp3) is 0.0526. The van der Waals surface area contributed by atoms with Gasteiger partial charge in [-0.3, -0.25) is 14.4 Å². The van der Waals surface area contributed by atoms with Crippen molar-refractivity contribution in [2.45, 2.75) is 11.4 Å². The van der Waals surface area contributed by atoms with Crippen molar-refractivity contribution in [2.24, 2.45) is 0 Å². The molecule has 30 heavy (non-hydrogen) atoms. The number of nitrogens with zero attached hydrogens (tertiary/aromatic N) is 2. The zero-order valence-electron chi connectivity index (χ0n) is 14.9. The summed E-state index contributed by atoms with van der Waals surface area (Å²) in [5.41, 5.74) is 0.195. The van der Waals surface area contributed by atoms with E-state index in [9.17, 15) is 18.5 Å². The standard InChI is InChI=1S/C19H12Cl4N2O4S/c20-13-6-5-12(17(23)9-13)11-24(18-4-2-1-3-15(18)21)30(28,29)19-10-14(25(26)27)7-8-16(19)22/h1-10H,11H2. The van der Waals surface area contributed by atoms with Crippen molar-refractivity contribution >= 4 is 67.8 Å². The first-order valence-electron chi connectivity index (χ1n) is 8.26. The molecule has 0 N–H and O–H groups in total. The van der Waals surface area contributed by atoms with Gasteiger partial charge in [-0.1, -0.05) is 64.6 Å². The molecule has 0 aliphatic carbocycles. The Bertz CT molecular complexity index is 1230. The second kappa shape index (κ2) is 8.99. The van der Waals surface area contributed by atoms with Crippen LogP contribution in [0.25, 0.3) is 0 Å². The molecule has 0 aliphatic heterocycles. The van der Waals surface area contributed by atoms with E-state index in [-0.39, 0.29) is 27.3 Å². The van der Waals surface area contributed by atoms with Crippen molar-refractivity contribution in [3.8, 4) is 0 Å². The molecule has 3 rings (SSSR count). The van der Waals surface area contributed by atoms with E-state index in [4.69, 9.17) is 46.4 Å². The van der Waals surface area contributed by atoms with E-state index in [2.05, 4.69) is 0 Å². The maximum atomic E-state index is 13.6. The Morgan fingerprint density at radius 2 is 1.57 bits per heavy atom. The van der Waals surface area contributed by atoms with Gasteiger partial charge in [0.15, 0.2) is 0 Å². The van der Waals surface area contributed by atoms with Gasteiger partial charge in [0.1, 0.15) is 4.90 Å². The summed E-state index contributed by atoms with van der Waals surface area (Å²) in [6.07, 6.45) is 0. The molecule has 0 aliphatic rings. The van der Waals surface area contributed by atoms with Gasteiger partial charge < -0.3 is 0 Å². The van der Waals surface area contributed by atoms with Crippen LogP contribution in [0, 0.1) is 10.1 Å². The summed E-state index contributed by atoms with van der Waals surface area (Å²) in [5, 5.41) is 11.8. The lowest BCUT2D eigenvalue weighted by molar-refractivity contribution is -0.385. The second-order valence-corrected chi connectivity index (χ2v) is 9.56. The van der Waals surface area contributed by atoms with Gasteiger partial charge in [-0.05, 0) is 35.9 Å². The summed E-state index contributed by atoms with van der Waals surface area (Å²) in [7, 11) is -4.37. The number of halogens is 4. The lowest BCUT2D eigenvalue weighted by atomic mass is 10.2. The van der Waals surface area contributed by atoms with Crippen LogP contribution in [-0.4, -0.2) is 13.3 Å². The van der Waals surface area contributed by atoms with Gasteiger partial charge >= 0.3 is 0 Å². The second-order valence-electron chi connectivity index (χ2n) is 6.07. The fourth-order valence-corrected chi connectivity index (χ4v) is 5.40. The van der Waals surface area contributed by atoms with Gasteiger partial charge in [-0.2, -0.15) is 0 Å². The number of rotatable bonds is 6. The molecule has 6 nitrogen and oxygen atoms in total. The third-order valence-corrected chi connectivity index (χ3v) is 7.29. The largest absolute Gasteiger partial charge is 0.270 e. The van der Waals surface area contributed by atoms with Crippen molar-refractivity contribution in [3.05, 3.63) is 96.4 Å². The zero-order chi connectivity index (χ0) is 22.1. The van der Waals surface area contributed by atoms with Crippen molar-refractivity contribution in [3.63, 3.8) is 0 Å². The molecule has 3 aromatic carbocycles. The van der Waals surface area contributed by atoms with E-state index in [0.29, 0.717) is 10.6 Å². The van der Waals surface area contributed by atoms with Gasteiger partial charge in [0, 0.05) is 22.2 Å². The van der Waals surface area contributed by atoms with Crippen LogP contribution in [0.3, 0.4) is 0 Å². The van der Waals surface area contributed by atoms with Crippen LogP contribution < -0.4 is 4.31 Å². The molecule has 0 heterocycles. The molecular formula is C19H12Cl4N2O4S. The van der Waals surface area contributed by atoms with Crippen LogP contribution in [0.5, 0.6) is 0 Å². The normalized spacial score (nSPS) is 11.3. The predicted molar refractivity (Wildman–Crippen MR) is 119 cm³/mol. The predicted octanol–water partition coefficient (Wildman–Crippen LogP) is 6.60. The highest BCUT2D eigenvalue weighted by Gasteiger charge is 2.31. The van der Waals surface area contributed by atoms with Crippen LogP contribution in [0.1, 0.15) is 5.56 Å². The molecule has 0 unspecified atom stereocenters. The highest BCUT2D eigenvalue weighted by molar-refractivity contribution is 7.93. The number of nitro groups is 1. The highest BCUT2D eigenvalue weighted by atomic mass is 35.5. The maximum absolute atomic E-state index is 13.6. The van der Waals surface area contributed by atoms with Gasteiger partial charge in [-0.25, -0.2) is 8.42 Å². The Morgan fingerprint density at radius 3 is 2.20 bits per heavy atom.